The van der Waals surface area contributed by atoms with Crippen LogP contribution < -0.4 is 0 Å². The molecule has 0 bridgehead atoms. The molecule has 0 radical (unpaired) electrons. The first-order valence-electron chi connectivity index (χ1n) is 28.8. The standard InChI is InChI=1S/C59H105O12P/c1-3-5-7-9-11-13-15-17-19-21-23-25-26-27-29-31-33-35-37-39-41-43-45-47-49-68-50-52(51-69-72(66,67)71-59-57(64)55(62)54(61)56(63)58(59)65)70-53(60)48-46-44-42-40-38-36-34-32-30-28-24-22-20-18-16-14-12-10-8-6-4-2/h6,8,12,14-15,17-18,20-21,23-24,28,52,54-59,61-65H,3-5,7,9-11,13,16,19,22,25-27,29-51H2,1-2H3,(H,66,67)/b8-6-,14-12-,17-15-,20-18-,23-21-,28-24-. The largest absolute Gasteiger partial charge is 0.472 e. The highest BCUT2D eigenvalue weighted by Gasteiger charge is 2.51. The molecule has 13 heteroatoms. The van der Waals surface area contributed by atoms with Crippen molar-refractivity contribution in [3.8, 4) is 0 Å². The first kappa shape index (κ1) is 67.8. The monoisotopic (exact) mass is 1040 g/mol. The van der Waals surface area contributed by atoms with Crippen LogP contribution in [-0.4, -0.2) is 98.9 Å². The summed E-state index contributed by atoms with van der Waals surface area (Å²) in [6, 6.07) is 0. The van der Waals surface area contributed by atoms with E-state index >= 15 is 0 Å². The summed E-state index contributed by atoms with van der Waals surface area (Å²) < 4.78 is 34.4. The molecule has 12 nitrogen and oxygen atoms in total. The topological polar surface area (TPSA) is 192 Å². The number of hydrogen-bond acceptors (Lipinski definition) is 11. The molecule has 0 aromatic carbocycles. The minimum absolute atomic E-state index is 0.0834. The summed E-state index contributed by atoms with van der Waals surface area (Å²) in [6.45, 7) is 4.15. The molecule has 0 heterocycles. The fourth-order valence-electron chi connectivity index (χ4n) is 8.56. The molecule has 6 atom stereocenters. The lowest BCUT2D eigenvalue weighted by Crippen LogP contribution is -2.64. The number of hydrogen-bond donors (Lipinski definition) is 6. The zero-order valence-electron chi connectivity index (χ0n) is 45.2. The molecule has 0 spiro atoms. The second-order valence-corrected chi connectivity index (χ2v) is 21.2. The fraction of sp³-hybridized carbons (Fsp3) is 0.780. The van der Waals surface area contributed by atoms with Crippen molar-refractivity contribution in [2.75, 3.05) is 19.8 Å². The van der Waals surface area contributed by atoms with Crippen molar-refractivity contribution in [2.24, 2.45) is 0 Å². The van der Waals surface area contributed by atoms with Gasteiger partial charge in [0.05, 0.1) is 13.2 Å². The normalized spacial score (nSPS) is 21.2. The van der Waals surface area contributed by atoms with Crippen LogP contribution in [0.1, 0.15) is 232 Å². The number of rotatable bonds is 49. The maximum absolute atomic E-state index is 12.9. The molecule has 1 rings (SSSR count). The average molecular weight is 1040 g/mol. The lowest BCUT2D eigenvalue weighted by atomic mass is 9.85. The number of allylic oxidation sites excluding steroid dienone is 12. The van der Waals surface area contributed by atoms with Crippen molar-refractivity contribution in [1.29, 1.82) is 0 Å². The Kier molecular flexibility index (Phi) is 45.6. The number of aliphatic hydroxyl groups is 5. The second kappa shape index (κ2) is 48.4. The SMILES string of the molecule is CC/C=C\C/C=C\C/C=C\C/C=C\CCCCCCCCCCC(=O)OC(COCCCCCCCCCCCCCC/C=C\C/C=C\CCCCCCC)COP(=O)(O)OC1C(O)C(O)C(O)C(O)C1O. The molecule has 0 amide bonds. The van der Waals surface area contributed by atoms with Crippen LogP contribution in [0.15, 0.2) is 72.9 Å². The summed E-state index contributed by atoms with van der Waals surface area (Å²) >= 11 is 0. The van der Waals surface area contributed by atoms with E-state index in [1.54, 1.807) is 0 Å². The summed E-state index contributed by atoms with van der Waals surface area (Å²) in [5, 5.41) is 50.4. The van der Waals surface area contributed by atoms with Crippen molar-refractivity contribution in [2.45, 2.75) is 275 Å². The minimum atomic E-state index is -5.03. The maximum atomic E-state index is 12.9. The Bertz CT molecular complexity index is 1460. The van der Waals surface area contributed by atoms with E-state index in [0.717, 1.165) is 83.5 Å². The Morgan fingerprint density at radius 3 is 1.25 bits per heavy atom. The molecular formula is C59H105O12P. The summed E-state index contributed by atoms with van der Waals surface area (Å²) in [5.74, 6) is -0.486. The third-order valence-corrected chi connectivity index (χ3v) is 14.0. The predicted molar refractivity (Wildman–Crippen MR) is 295 cm³/mol. The van der Waals surface area contributed by atoms with E-state index < -0.39 is 63.1 Å². The van der Waals surface area contributed by atoms with Gasteiger partial charge in [-0.2, -0.15) is 0 Å². The first-order valence-corrected chi connectivity index (χ1v) is 30.3. The molecule has 72 heavy (non-hydrogen) atoms. The Balaban J connectivity index is 2.29. The molecule has 418 valence electrons. The predicted octanol–water partition coefficient (Wildman–Crippen LogP) is 13.9. The van der Waals surface area contributed by atoms with Gasteiger partial charge >= 0.3 is 13.8 Å². The van der Waals surface area contributed by atoms with Gasteiger partial charge in [-0.25, -0.2) is 4.57 Å². The number of phosphoric ester groups is 1. The van der Waals surface area contributed by atoms with Crippen molar-refractivity contribution in [3.63, 3.8) is 0 Å². The molecule has 6 N–H and O–H groups in total. The zero-order valence-corrected chi connectivity index (χ0v) is 46.1. The third kappa shape index (κ3) is 39.2. The number of unbranched alkanes of at least 4 members (excludes halogenated alkanes) is 25. The molecule has 0 saturated heterocycles. The lowest BCUT2D eigenvalue weighted by Gasteiger charge is -2.41. The highest BCUT2D eigenvalue weighted by atomic mass is 31.2. The number of carbonyl (C=O) groups is 1. The van der Waals surface area contributed by atoms with Gasteiger partial charge in [-0.3, -0.25) is 13.8 Å². The third-order valence-electron chi connectivity index (χ3n) is 13.1. The van der Waals surface area contributed by atoms with Gasteiger partial charge in [0.15, 0.2) is 0 Å². The van der Waals surface area contributed by atoms with E-state index in [9.17, 15) is 39.8 Å². The maximum Gasteiger partial charge on any atom is 0.472 e. The van der Waals surface area contributed by atoms with E-state index in [1.165, 1.54) is 122 Å². The molecular weight excluding hydrogens is 932 g/mol. The van der Waals surface area contributed by atoms with Gasteiger partial charge in [0.1, 0.15) is 42.7 Å². The molecule has 1 saturated carbocycles. The van der Waals surface area contributed by atoms with Gasteiger partial charge in [0.2, 0.25) is 0 Å². The Hall–Kier alpha value is -2.22. The minimum Gasteiger partial charge on any atom is -0.457 e. The summed E-state index contributed by atoms with van der Waals surface area (Å²) in [4.78, 5) is 23.3. The van der Waals surface area contributed by atoms with Crippen LogP contribution in [0.25, 0.3) is 0 Å². The van der Waals surface area contributed by atoms with Crippen LogP contribution in [-0.2, 0) is 27.9 Å². The quantitative estimate of drug-likeness (QED) is 0.0146. The van der Waals surface area contributed by atoms with Gasteiger partial charge in [-0.15, -0.1) is 0 Å². The zero-order chi connectivity index (χ0) is 52.6. The highest BCUT2D eigenvalue weighted by molar-refractivity contribution is 7.47. The number of ether oxygens (including phenoxy) is 2. The van der Waals surface area contributed by atoms with Crippen LogP contribution in [0.5, 0.6) is 0 Å². The van der Waals surface area contributed by atoms with Gasteiger partial charge < -0.3 is 39.9 Å². The highest BCUT2D eigenvalue weighted by Crippen LogP contribution is 2.47. The number of aliphatic hydroxyl groups excluding tert-OH is 5. The van der Waals surface area contributed by atoms with E-state index in [-0.39, 0.29) is 13.0 Å². The van der Waals surface area contributed by atoms with Gasteiger partial charge in [0, 0.05) is 13.0 Å². The number of phosphoric acid groups is 1. The van der Waals surface area contributed by atoms with E-state index in [4.69, 9.17) is 18.5 Å². The second-order valence-electron chi connectivity index (χ2n) is 19.8. The van der Waals surface area contributed by atoms with Crippen LogP contribution in [0.2, 0.25) is 0 Å². The van der Waals surface area contributed by atoms with Crippen LogP contribution in [0.4, 0.5) is 0 Å². The number of carbonyl (C=O) groups excluding carboxylic acids is 1. The average Bonchev–Trinajstić information content (AvgIpc) is 3.37. The molecule has 0 aromatic heterocycles. The Morgan fingerprint density at radius 2 is 0.819 bits per heavy atom. The Morgan fingerprint density at radius 1 is 0.458 bits per heavy atom. The first-order chi connectivity index (χ1) is 35.0. The Labute approximate surface area is 438 Å². The summed E-state index contributed by atoms with van der Waals surface area (Å²) in [6.07, 6.45) is 52.5. The summed E-state index contributed by atoms with van der Waals surface area (Å²) in [5.41, 5.74) is 0. The smallest absolute Gasteiger partial charge is 0.457 e. The van der Waals surface area contributed by atoms with E-state index in [2.05, 4.69) is 86.8 Å². The van der Waals surface area contributed by atoms with Crippen LogP contribution in [0, 0.1) is 0 Å². The number of esters is 1. The molecule has 1 aliphatic rings. The van der Waals surface area contributed by atoms with Crippen molar-refractivity contribution < 1.29 is 58.3 Å². The molecule has 6 unspecified atom stereocenters. The molecule has 1 fully saturated rings. The van der Waals surface area contributed by atoms with Crippen molar-refractivity contribution in [3.05, 3.63) is 72.9 Å². The van der Waals surface area contributed by atoms with E-state index in [1.807, 2.05) is 0 Å². The van der Waals surface area contributed by atoms with Crippen molar-refractivity contribution >= 4 is 13.8 Å². The van der Waals surface area contributed by atoms with Crippen LogP contribution >= 0.6 is 7.82 Å². The summed E-state index contributed by atoms with van der Waals surface area (Å²) in [7, 11) is -5.03. The van der Waals surface area contributed by atoms with Crippen molar-refractivity contribution in [1.82, 2.24) is 0 Å². The molecule has 0 aliphatic heterocycles. The fourth-order valence-corrected chi connectivity index (χ4v) is 9.53. The van der Waals surface area contributed by atoms with E-state index in [0.29, 0.717) is 13.0 Å². The van der Waals surface area contributed by atoms with Gasteiger partial charge in [-0.05, 0) is 83.5 Å². The van der Waals surface area contributed by atoms with Gasteiger partial charge in [0.25, 0.3) is 0 Å². The molecule has 0 aromatic rings. The van der Waals surface area contributed by atoms with Gasteiger partial charge in [-0.1, -0.05) is 215 Å². The molecule has 1 aliphatic carbocycles. The van der Waals surface area contributed by atoms with Crippen LogP contribution in [0.3, 0.4) is 0 Å². The lowest BCUT2D eigenvalue weighted by molar-refractivity contribution is -0.220.